The van der Waals surface area contributed by atoms with E-state index in [4.69, 9.17) is 23.2 Å². The van der Waals surface area contributed by atoms with Gasteiger partial charge in [0.15, 0.2) is 0 Å². The van der Waals surface area contributed by atoms with Gasteiger partial charge in [-0.05, 0) is 25.3 Å². The molecule has 0 amide bonds. The molecule has 1 aromatic rings. The highest BCUT2D eigenvalue weighted by atomic mass is 35.5. The number of hydrogen-bond donors (Lipinski definition) is 0. The van der Waals surface area contributed by atoms with E-state index in [2.05, 4.69) is 25.1 Å². The van der Waals surface area contributed by atoms with E-state index in [-0.39, 0.29) is 5.41 Å². The molecule has 1 heterocycles. The second-order valence-electron chi connectivity index (χ2n) is 4.00. The first-order chi connectivity index (χ1) is 7.19. The lowest BCUT2D eigenvalue weighted by Crippen LogP contribution is -2.26. The Balaban J connectivity index is 2.73. The first kappa shape index (κ1) is 12.9. The Hall–Kier alpha value is -0.210. The average Bonchev–Trinajstić information content (AvgIpc) is 2.73. The Morgan fingerprint density at radius 1 is 1.33 bits per heavy atom. The van der Waals surface area contributed by atoms with Crippen molar-refractivity contribution in [2.24, 2.45) is 5.41 Å². The molecule has 0 aromatic carbocycles. The molecule has 0 atom stereocenters. The van der Waals surface area contributed by atoms with Gasteiger partial charge in [0.05, 0.1) is 6.20 Å². The lowest BCUT2D eigenvalue weighted by atomic mass is 9.84. The molecule has 86 valence electrons. The monoisotopic (exact) mass is 248 g/mol. The molecule has 0 aliphatic heterocycles. The summed E-state index contributed by atoms with van der Waals surface area (Å²) < 4.78 is 1.93. The summed E-state index contributed by atoms with van der Waals surface area (Å²) in [5.41, 5.74) is 1.24. The van der Waals surface area contributed by atoms with E-state index in [1.54, 1.807) is 0 Å². The van der Waals surface area contributed by atoms with Gasteiger partial charge >= 0.3 is 0 Å². The maximum absolute atomic E-state index is 6.00. The first-order valence-electron chi connectivity index (χ1n) is 5.33. The van der Waals surface area contributed by atoms with Crippen LogP contribution in [0.15, 0.2) is 12.4 Å². The summed E-state index contributed by atoms with van der Waals surface area (Å²) in [5, 5.41) is 4.25. The Kier molecular flexibility index (Phi) is 4.94. The topological polar surface area (TPSA) is 17.8 Å². The third-order valence-corrected chi connectivity index (χ3v) is 4.04. The zero-order valence-electron chi connectivity index (χ0n) is 9.34. The highest BCUT2D eigenvalue weighted by Gasteiger charge is 2.27. The number of halogens is 2. The maximum atomic E-state index is 6.00. The molecule has 0 saturated heterocycles. The van der Waals surface area contributed by atoms with Gasteiger partial charge in [-0.1, -0.05) is 6.92 Å². The minimum Gasteiger partial charge on any atom is -0.273 e. The molecular weight excluding hydrogens is 231 g/mol. The number of rotatable bonds is 6. The third-order valence-electron chi connectivity index (χ3n) is 2.91. The van der Waals surface area contributed by atoms with E-state index in [9.17, 15) is 0 Å². The van der Waals surface area contributed by atoms with Gasteiger partial charge in [-0.15, -0.1) is 23.2 Å². The Morgan fingerprint density at radius 3 is 2.40 bits per heavy atom. The number of aromatic nitrogens is 2. The lowest BCUT2D eigenvalue weighted by Gasteiger charge is -2.27. The summed E-state index contributed by atoms with van der Waals surface area (Å²) in [6.45, 7) is 5.11. The zero-order chi connectivity index (χ0) is 11.3. The quantitative estimate of drug-likeness (QED) is 0.707. The summed E-state index contributed by atoms with van der Waals surface area (Å²) in [4.78, 5) is 0. The van der Waals surface area contributed by atoms with Crippen LogP contribution in [0, 0.1) is 5.41 Å². The summed E-state index contributed by atoms with van der Waals surface area (Å²) in [6, 6.07) is 0. The van der Waals surface area contributed by atoms with Gasteiger partial charge in [0.2, 0.25) is 0 Å². The normalized spacial score (nSPS) is 12.0. The van der Waals surface area contributed by atoms with Crippen LogP contribution in [0.3, 0.4) is 0 Å². The van der Waals surface area contributed by atoms with E-state index in [1.807, 2.05) is 10.9 Å². The number of alkyl halides is 2. The van der Waals surface area contributed by atoms with Crippen LogP contribution in [0.5, 0.6) is 0 Å². The Morgan fingerprint density at radius 2 is 2.00 bits per heavy atom. The second-order valence-corrected chi connectivity index (χ2v) is 4.54. The largest absolute Gasteiger partial charge is 0.273 e. The molecule has 0 unspecified atom stereocenters. The number of aryl methyl sites for hydroxylation is 1. The van der Waals surface area contributed by atoms with Crippen molar-refractivity contribution in [2.45, 2.75) is 33.2 Å². The molecule has 1 aromatic heterocycles. The molecular formula is C11H18Cl2N2. The number of nitrogens with zero attached hydrogens (tertiary/aromatic N) is 2. The van der Waals surface area contributed by atoms with Crippen LogP contribution in [0.1, 0.15) is 25.8 Å². The predicted molar refractivity (Wildman–Crippen MR) is 65.8 cm³/mol. The van der Waals surface area contributed by atoms with Crippen molar-refractivity contribution >= 4 is 23.2 Å². The summed E-state index contributed by atoms with van der Waals surface area (Å²) >= 11 is 12.0. The fourth-order valence-corrected chi connectivity index (χ4v) is 2.40. The molecule has 0 saturated carbocycles. The van der Waals surface area contributed by atoms with Crippen LogP contribution in [-0.2, 0) is 13.0 Å². The smallest absolute Gasteiger partial charge is 0.0521 e. The van der Waals surface area contributed by atoms with Crippen molar-refractivity contribution < 1.29 is 0 Å². The lowest BCUT2D eigenvalue weighted by molar-refractivity contribution is 0.362. The van der Waals surface area contributed by atoms with Crippen molar-refractivity contribution in [3.8, 4) is 0 Å². The van der Waals surface area contributed by atoms with E-state index in [1.165, 1.54) is 5.56 Å². The van der Waals surface area contributed by atoms with Gasteiger partial charge in [-0.2, -0.15) is 5.10 Å². The number of hydrogen-bond acceptors (Lipinski definition) is 1. The highest BCUT2D eigenvalue weighted by Crippen LogP contribution is 2.30. The Labute approximate surface area is 102 Å². The van der Waals surface area contributed by atoms with E-state index in [0.717, 1.165) is 19.4 Å². The summed E-state index contributed by atoms with van der Waals surface area (Å²) in [5.74, 6) is 1.20. The van der Waals surface area contributed by atoms with Crippen LogP contribution in [0.2, 0.25) is 0 Å². The van der Waals surface area contributed by atoms with Gasteiger partial charge in [0.1, 0.15) is 0 Å². The molecule has 15 heavy (non-hydrogen) atoms. The summed E-state index contributed by atoms with van der Waals surface area (Å²) in [7, 11) is 0. The van der Waals surface area contributed by atoms with E-state index >= 15 is 0 Å². The summed E-state index contributed by atoms with van der Waals surface area (Å²) in [6.07, 6.45) is 5.89. The van der Waals surface area contributed by atoms with Crippen LogP contribution in [0.4, 0.5) is 0 Å². The van der Waals surface area contributed by atoms with Crippen LogP contribution < -0.4 is 0 Å². The van der Waals surface area contributed by atoms with Gasteiger partial charge < -0.3 is 0 Å². The second kappa shape index (κ2) is 5.76. The van der Waals surface area contributed by atoms with E-state index < -0.39 is 0 Å². The molecule has 0 spiro atoms. The van der Waals surface area contributed by atoms with Gasteiger partial charge in [-0.3, -0.25) is 4.68 Å². The minimum absolute atomic E-state index is 0.0186. The molecule has 1 rings (SSSR count). The molecule has 4 heteroatoms. The standard InChI is InChI=1S/C11H18Cl2N2/c1-3-11(8-12,9-13)5-10-6-14-15(4-2)7-10/h6-7H,3-5,8-9H2,1-2H3. The first-order valence-corrected chi connectivity index (χ1v) is 6.40. The minimum atomic E-state index is 0.0186. The zero-order valence-corrected chi connectivity index (χ0v) is 10.9. The van der Waals surface area contributed by atoms with Crippen molar-refractivity contribution in [3.63, 3.8) is 0 Å². The third kappa shape index (κ3) is 3.12. The molecule has 0 N–H and O–H groups in total. The molecule has 0 aliphatic carbocycles. The molecule has 0 fully saturated rings. The molecule has 0 bridgehead atoms. The highest BCUT2D eigenvalue weighted by molar-refractivity contribution is 6.21. The fraction of sp³-hybridized carbons (Fsp3) is 0.727. The molecule has 0 aliphatic rings. The van der Waals surface area contributed by atoms with Crippen LogP contribution >= 0.6 is 23.2 Å². The van der Waals surface area contributed by atoms with Crippen LogP contribution in [-0.4, -0.2) is 21.5 Å². The van der Waals surface area contributed by atoms with Gasteiger partial charge in [-0.25, -0.2) is 0 Å². The van der Waals surface area contributed by atoms with Crippen LogP contribution in [0.25, 0.3) is 0 Å². The predicted octanol–water partition coefficient (Wildman–Crippen LogP) is 3.32. The fourth-order valence-electron chi connectivity index (χ4n) is 1.55. The SMILES string of the molecule is CCn1cc(CC(CC)(CCl)CCl)cn1. The van der Waals surface area contributed by atoms with Crippen molar-refractivity contribution in [2.75, 3.05) is 11.8 Å². The average molecular weight is 249 g/mol. The van der Waals surface area contributed by atoms with E-state index in [0.29, 0.717) is 11.8 Å². The maximum Gasteiger partial charge on any atom is 0.0521 e. The van der Waals surface area contributed by atoms with Gasteiger partial charge in [0, 0.05) is 29.9 Å². The Bertz CT molecular complexity index is 284. The van der Waals surface area contributed by atoms with Gasteiger partial charge in [0.25, 0.3) is 0 Å². The molecule has 0 radical (unpaired) electrons. The van der Waals surface area contributed by atoms with Crippen molar-refractivity contribution in [1.29, 1.82) is 0 Å². The molecule has 2 nitrogen and oxygen atoms in total. The van der Waals surface area contributed by atoms with Crippen molar-refractivity contribution in [1.82, 2.24) is 9.78 Å². The van der Waals surface area contributed by atoms with Crippen molar-refractivity contribution in [3.05, 3.63) is 18.0 Å².